The summed E-state index contributed by atoms with van der Waals surface area (Å²) in [6.45, 7) is 0. The molecule has 2 nitrogen and oxygen atoms in total. The Kier molecular flexibility index (Phi) is 3.31. The first-order valence-corrected chi connectivity index (χ1v) is 7.05. The second kappa shape index (κ2) is 5.12. The van der Waals surface area contributed by atoms with Gasteiger partial charge in [0.2, 0.25) is 0 Å². The molecular weight excluding hydrogens is 248 g/mol. The first-order chi connectivity index (χ1) is 9.72. The molecule has 1 fully saturated rings. The molecule has 0 saturated heterocycles. The molecule has 1 saturated carbocycles. The number of benzene rings is 2. The number of carboxylic acid groups (broad SMARTS) is 1. The van der Waals surface area contributed by atoms with Crippen LogP contribution in [0, 0.1) is 5.41 Å². The normalized spacial score (nSPS) is 24.3. The van der Waals surface area contributed by atoms with Crippen LogP contribution >= 0.6 is 0 Å². The zero-order valence-electron chi connectivity index (χ0n) is 11.3. The molecular formula is C18H18O2. The van der Waals surface area contributed by atoms with Gasteiger partial charge in [-0.15, -0.1) is 0 Å². The summed E-state index contributed by atoms with van der Waals surface area (Å²) in [5.41, 5.74) is 1.81. The van der Waals surface area contributed by atoms with E-state index in [4.69, 9.17) is 0 Å². The van der Waals surface area contributed by atoms with E-state index < -0.39 is 11.4 Å². The lowest BCUT2D eigenvalue weighted by Crippen LogP contribution is -2.18. The molecule has 102 valence electrons. The van der Waals surface area contributed by atoms with Gasteiger partial charge in [-0.05, 0) is 30.4 Å². The van der Waals surface area contributed by atoms with Gasteiger partial charge in [0.25, 0.3) is 0 Å². The van der Waals surface area contributed by atoms with Crippen molar-refractivity contribution in [3.05, 3.63) is 71.8 Å². The topological polar surface area (TPSA) is 37.3 Å². The van der Waals surface area contributed by atoms with Gasteiger partial charge < -0.3 is 5.11 Å². The Hall–Kier alpha value is -2.09. The summed E-state index contributed by atoms with van der Waals surface area (Å²) in [6, 6.07) is 20.1. The Bertz CT molecular complexity index is 591. The van der Waals surface area contributed by atoms with E-state index in [2.05, 4.69) is 12.1 Å². The van der Waals surface area contributed by atoms with Crippen molar-refractivity contribution < 1.29 is 9.90 Å². The van der Waals surface area contributed by atoms with Crippen LogP contribution in [0.1, 0.15) is 29.9 Å². The minimum Gasteiger partial charge on any atom is -0.481 e. The van der Waals surface area contributed by atoms with E-state index in [0.717, 1.165) is 18.4 Å². The molecule has 1 N–H and O–H groups in total. The van der Waals surface area contributed by atoms with E-state index in [1.807, 2.05) is 48.5 Å². The predicted molar refractivity (Wildman–Crippen MR) is 78.6 cm³/mol. The average Bonchev–Trinajstić information content (AvgIpc) is 3.23. The van der Waals surface area contributed by atoms with Crippen molar-refractivity contribution in [2.75, 3.05) is 0 Å². The van der Waals surface area contributed by atoms with Crippen LogP contribution in [0.4, 0.5) is 0 Å². The maximum absolute atomic E-state index is 11.7. The molecule has 1 aliphatic carbocycles. The highest BCUT2D eigenvalue weighted by Crippen LogP contribution is 2.62. The van der Waals surface area contributed by atoms with Crippen molar-refractivity contribution in [2.45, 2.75) is 25.2 Å². The van der Waals surface area contributed by atoms with Gasteiger partial charge in [0, 0.05) is 5.92 Å². The third kappa shape index (κ3) is 2.34. The van der Waals surface area contributed by atoms with E-state index in [-0.39, 0.29) is 5.92 Å². The van der Waals surface area contributed by atoms with Crippen LogP contribution in [0.25, 0.3) is 0 Å². The summed E-state index contributed by atoms with van der Waals surface area (Å²) < 4.78 is 0. The Balaban J connectivity index is 1.74. The summed E-state index contributed by atoms with van der Waals surface area (Å²) >= 11 is 0. The number of aliphatic carboxylic acids is 1. The van der Waals surface area contributed by atoms with Crippen molar-refractivity contribution in [1.29, 1.82) is 0 Å². The first-order valence-electron chi connectivity index (χ1n) is 7.05. The fourth-order valence-electron chi connectivity index (χ4n) is 3.06. The molecule has 0 radical (unpaired) electrons. The van der Waals surface area contributed by atoms with Crippen molar-refractivity contribution >= 4 is 5.97 Å². The molecule has 0 heterocycles. The maximum atomic E-state index is 11.7. The molecule has 0 spiro atoms. The van der Waals surface area contributed by atoms with Gasteiger partial charge >= 0.3 is 5.97 Å². The van der Waals surface area contributed by atoms with Gasteiger partial charge in [-0.25, -0.2) is 0 Å². The molecule has 1 aliphatic rings. The predicted octanol–water partition coefficient (Wildman–Crippen LogP) is 3.88. The van der Waals surface area contributed by atoms with Gasteiger partial charge in [0.1, 0.15) is 0 Å². The number of aryl methyl sites for hydroxylation is 1. The van der Waals surface area contributed by atoms with Crippen LogP contribution in [-0.2, 0) is 11.2 Å². The molecule has 0 unspecified atom stereocenters. The summed E-state index contributed by atoms with van der Waals surface area (Å²) in [6.07, 6.45) is 2.31. The molecule has 20 heavy (non-hydrogen) atoms. The van der Waals surface area contributed by atoms with Crippen LogP contribution < -0.4 is 0 Å². The summed E-state index contributed by atoms with van der Waals surface area (Å²) in [5, 5.41) is 9.61. The van der Waals surface area contributed by atoms with Crippen LogP contribution in [0.3, 0.4) is 0 Å². The monoisotopic (exact) mass is 266 g/mol. The molecule has 3 rings (SSSR count). The number of hydrogen-bond acceptors (Lipinski definition) is 1. The van der Waals surface area contributed by atoms with Gasteiger partial charge in [0.15, 0.2) is 0 Å². The Morgan fingerprint density at radius 3 is 2.25 bits per heavy atom. The van der Waals surface area contributed by atoms with E-state index in [1.54, 1.807) is 0 Å². The molecule has 0 amide bonds. The summed E-state index contributed by atoms with van der Waals surface area (Å²) in [5.74, 6) is -0.479. The van der Waals surface area contributed by atoms with E-state index in [9.17, 15) is 9.90 Å². The van der Waals surface area contributed by atoms with E-state index in [1.165, 1.54) is 5.56 Å². The summed E-state index contributed by atoms with van der Waals surface area (Å²) in [4.78, 5) is 11.7. The lowest BCUT2D eigenvalue weighted by molar-refractivity contribution is -0.143. The Morgan fingerprint density at radius 2 is 1.65 bits per heavy atom. The van der Waals surface area contributed by atoms with Gasteiger partial charge in [-0.1, -0.05) is 60.7 Å². The fourth-order valence-corrected chi connectivity index (χ4v) is 3.06. The Labute approximate surface area is 119 Å². The molecule has 2 heteroatoms. The third-order valence-corrected chi connectivity index (χ3v) is 4.41. The first kappa shape index (κ1) is 12.9. The SMILES string of the molecule is O=C(O)[C@@]1(CCc2ccccc2)C[C@@H]1c1ccccc1. The lowest BCUT2D eigenvalue weighted by atomic mass is 9.92. The van der Waals surface area contributed by atoms with Crippen molar-refractivity contribution in [3.63, 3.8) is 0 Å². The van der Waals surface area contributed by atoms with Crippen molar-refractivity contribution in [3.8, 4) is 0 Å². The molecule has 2 atom stereocenters. The zero-order valence-corrected chi connectivity index (χ0v) is 11.3. The highest BCUT2D eigenvalue weighted by molar-refractivity contribution is 5.80. The molecule has 2 aromatic rings. The number of hydrogen-bond donors (Lipinski definition) is 1. The number of carboxylic acids is 1. The fraction of sp³-hybridized carbons (Fsp3) is 0.278. The maximum Gasteiger partial charge on any atom is 0.310 e. The zero-order chi connectivity index (χ0) is 14.0. The van der Waals surface area contributed by atoms with Gasteiger partial charge in [-0.3, -0.25) is 4.79 Å². The highest BCUT2D eigenvalue weighted by Gasteiger charge is 2.60. The van der Waals surface area contributed by atoms with Crippen LogP contribution in [0.15, 0.2) is 60.7 Å². The van der Waals surface area contributed by atoms with Crippen LogP contribution in [-0.4, -0.2) is 11.1 Å². The number of carbonyl (C=O) groups is 1. The molecule has 2 aromatic carbocycles. The van der Waals surface area contributed by atoms with Crippen molar-refractivity contribution in [1.82, 2.24) is 0 Å². The number of rotatable bonds is 5. The van der Waals surface area contributed by atoms with E-state index >= 15 is 0 Å². The largest absolute Gasteiger partial charge is 0.481 e. The third-order valence-electron chi connectivity index (χ3n) is 4.41. The molecule has 0 aliphatic heterocycles. The van der Waals surface area contributed by atoms with Crippen molar-refractivity contribution in [2.24, 2.45) is 5.41 Å². The van der Waals surface area contributed by atoms with E-state index in [0.29, 0.717) is 6.42 Å². The second-order valence-corrected chi connectivity index (χ2v) is 5.61. The van der Waals surface area contributed by atoms with Gasteiger partial charge in [0.05, 0.1) is 5.41 Å². The second-order valence-electron chi connectivity index (χ2n) is 5.61. The quantitative estimate of drug-likeness (QED) is 0.891. The summed E-state index contributed by atoms with van der Waals surface area (Å²) in [7, 11) is 0. The highest BCUT2D eigenvalue weighted by atomic mass is 16.4. The molecule has 0 bridgehead atoms. The smallest absolute Gasteiger partial charge is 0.310 e. The van der Waals surface area contributed by atoms with Gasteiger partial charge in [-0.2, -0.15) is 0 Å². The minimum absolute atomic E-state index is 0.171. The van der Waals surface area contributed by atoms with Crippen LogP contribution in [0.2, 0.25) is 0 Å². The Morgan fingerprint density at radius 1 is 1.05 bits per heavy atom. The average molecular weight is 266 g/mol. The van der Waals surface area contributed by atoms with Crippen LogP contribution in [0.5, 0.6) is 0 Å². The minimum atomic E-state index is -0.651. The molecule has 0 aromatic heterocycles. The lowest BCUT2D eigenvalue weighted by Gasteiger charge is -2.12. The standard InChI is InChI=1S/C18H18O2/c19-17(20)18(12-11-14-7-3-1-4-8-14)13-16(18)15-9-5-2-6-10-15/h1-10,16H,11-13H2,(H,19,20)/t16-,18+/m1/s1.